The fourth-order valence-corrected chi connectivity index (χ4v) is 6.02. The van der Waals surface area contributed by atoms with Crippen LogP contribution in [0.15, 0.2) is 17.0 Å². The number of aryl methyl sites for hydroxylation is 3. The maximum atomic E-state index is 13.2. The highest BCUT2D eigenvalue weighted by atomic mass is 32.2. The fraction of sp³-hybridized carbons (Fsp3) is 0.682. The van der Waals surface area contributed by atoms with Gasteiger partial charge in [-0.25, -0.2) is 8.42 Å². The number of piperidine rings is 1. The maximum absolute atomic E-state index is 13.2. The van der Waals surface area contributed by atoms with E-state index in [-0.39, 0.29) is 25.0 Å². The maximum Gasteiger partial charge on any atom is 0.243 e. The van der Waals surface area contributed by atoms with Crippen molar-refractivity contribution in [1.82, 2.24) is 9.62 Å². The Labute approximate surface area is 179 Å². The summed E-state index contributed by atoms with van der Waals surface area (Å²) in [6, 6.07) is 3.78. The highest BCUT2D eigenvalue weighted by Gasteiger charge is 2.33. The van der Waals surface area contributed by atoms with E-state index in [1.165, 1.54) is 17.1 Å². The van der Waals surface area contributed by atoms with Gasteiger partial charge in [-0.3, -0.25) is 4.79 Å². The molecule has 0 aromatic heterocycles. The minimum absolute atomic E-state index is 0.129. The van der Waals surface area contributed by atoms with E-state index >= 15 is 0 Å². The molecule has 2 fully saturated rings. The van der Waals surface area contributed by atoms with Gasteiger partial charge in [0.2, 0.25) is 15.9 Å². The molecule has 8 heteroatoms. The summed E-state index contributed by atoms with van der Waals surface area (Å²) >= 11 is 0. The smallest absolute Gasteiger partial charge is 0.243 e. The van der Waals surface area contributed by atoms with Crippen LogP contribution in [-0.2, 0) is 19.6 Å². The van der Waals surface area contributed by atoms with E-state index in [1.54, 1.807) is 0 Å². The van der Waals surface area contributed by atoms with Crippen molar-refractivity contribution in [2.45, 2.75) is 57.5 Å². The van der Waals surface area contributed by atoms with Gasteiger partial charge >= 0.3 is 0 Å². The van der Waals surface area contributed by atoms with Gasteiger partial charge < -0.3 is 15.2 Å². The summed E-state index contributed by atoms with van der Waals surface area (Å²) in [5, 5.41) is 12.7. The molecular weight excluding hydrogens is 404 g/mol. The molecule has 1 heterocycles. The van der Waals surface area contributed by atoms with Crippen LogP contribution in [0, 0.1) is 32.6 Å². The lowest BCUT2D eigenvalue weighted by Crippen LogP contribution is -2.44. The normalized spacial score (nSPS) is 19.6. The summed E-state index contributed by atoms with van der Waals surface area (Å²) in [5.41, 5.74) is 2.55. The quantitative estimate of drug-likeness (QED) is 0.614. The molecule has 1 aromatic carbocycles. The number of nitrogens with zero attached hydrogens (tertiary/aromatic N) is 1. The van der Waals surface area contributed by atoms with Crippen LogP contribution in [0.3, 0.4) is 0 Å². The Kier molecular flexibility index (Phi) is 7.55. The lowest BCUT2D eigenvalue weighted by molar-refractivity contribution is -0.126. The van der Waals surface area contributed by atoms with Crippen LogP contribution in [0.25, 0.3) is 0 Å². The van der Waals surface area contributed by atoms with Gasteiger partial charge in [-0.15, -0.1) is 0 Å². The van der Waals surface area contributed by atoms with E-state index in [0.717, 1.165) is 16.7 Å². The number of sulfonamides is 1. The molecule has 1 aliphatic heterocycles. The molecule has 2 N–H and O–H groups in total. The van der Waals surface area contributed by atoms with Crippen LogP contribution in [-0.4, -0.2) is 62.7 Å². The molecule has 1 atom stereocenters. The standard InChI is InChI=1S/C22H34N2O5S/c1-15-10-16(2)21(17(3)11-15)30(27,28)24-8-6-19(7-9-24)22(26)23-12-20(25)14-29-13-18-4-5-18/h10-11,18-20,25H,4-9,12-14H2,1-3H3,(H,23,26)/t20-/m1/s1. The Morgan fingerprint density at radius 2 is 1.77 bits per heavy atom. The molecule has 3 rings (SSSR count). The van der Waals surface area contributed by atoms with Crippen molar-refractivity contribution < 1.29 is 23.1 Å². The van der Waals surface area contributed by atoms with Crippen molar-refractivity contribution in [2.24, 2.45) is 11.8 Å². The number of aliphatic hydroxyl groups is 1. The second kappa shape index (κ2) is 9.77. The molecule has 1 saturated carbocycles. The predicted octanol–water partition coefficient (Wildman–Crippen LogP) is 1.92. The van der Waals surface area contributed by atoms with E-state index in [2.05, 4.69) is 5.32 Å². The topological polar surface area (TPSA) is 95.9 Å². The molecule has 1 aliphatic carbocycles. The van der Waals surface area contributed by atoms with Gasteiger partial charge in [0.25, 0.3) is 0 Å². The van der Waals surface area contributed by atoms with Crippen LogP contribution in [0.2, 0.25) is 0 Å². The number of carbonyl (C=O) groups is 1. The summed E-state index contributed by atoms with van der Waals surface area (Å²) in [6.45, 7) is 7.31. The minimum Gasteiger partial charge on any atom is -0.389 e. The molecule has 0 unspecified atom stereocenters. The fourth-order valence-electron chi connectivity index (χ4n) is 4.14. The third kappa shape index (κ3) is 5.81. The van der Waals surface area contributed by atoms with Gasteiger partial charge in [0.15, 0.2) is 0 Å². The first-order chi connectivity index (χ1) is 14.2. The number of ether oxygens (including phenoxy) is 1. The predicted molar refractivity (Wildman–Crippen MR) is 115 cm³/mol. The Hall–Kier alpha value is -1.48. The molecule has 1 aromatic rings. The first kappa shape index (κ1) is 23.2. The molecule has 0 spiro atoms. The Bertz CT molecular complexity index is 835. The zero-order chi connectivity index (χ0) is 21.9. The first-order valence-corrected chi connectivity index (χ1v) is 12.2. The van der Waals surface area contributed by atoms with Gasteiger partial charge in [-0.2, -0.15) is 4.31 Å². The summed E-state index contributed by atoms with van der Waals surface area (Å²) < 4.78 is 33.3. The zero-order valence-corrected chi connectivity index (χ0v) is 19.0. The zero-order valence-electron chi connectivity index (χ0n) is 18.2. The molecule has 1 saturated heterocycles. The largest absolute Gasteiger partial charge is 0.389 e. The van der Waals surface area contributed by atoms with Crippen LogP contribution >= 0.6 is 0 Å². The average molecular weight is 439 g/mol. The van der Waals surface area contributed by atoms with Crippen molar-refractivity contribution in [3.63, 3.8) is 0 Å². The molecule has 7 nitrogen and oxygen atoms in total. The van der Waals surface area contributed by atoms with Crippen LogP contribution in [0.4, 0.5) is 0 Å². The van der Waals surface area contributed by atoms with Gasteiger partial charge in [0.1, 0.15) is 0 Å². The summed E-state index contributed by atoms with van der Waals surface area (Å²) in [4.78, 5) is 12.8. The number of benzene rings is 1. The monoisotopic (exact) mass is 438 g/mol. The molecule has 0 bridgehead atoms. The highest BCUT2D eigenvalue weighted by molar-refractivity contribution is 7.89. The van der Waals surface area contributed by atoms with Gasteiger partial charge in [-0.05, 0) is 63.5 Å². The highest BCUT2D eigenvalue weighted by Crippen LogP contribution is 2.29. The van der Waals surface area contributed by atoms with Crippen molar-refractivity contribution in [2.75, 3.05) is 32.8 Å². The minimum atomic E-state index is -3.58. The molecule has 30 heavy (non-hydrogen) atoms. The third-order valence-electron chi connectivity index (χ3n) is 5.90. The number of hydrogen-bond donors (Lipinski definition) is 2. The van der Waals surface area contributed by atoms with E-state index in [4.69, 9.17) is 4.74 Å². The molecular formula is C22H34N2O5S. The summed E-state index contributed by atoms with van der Waals surface area (Å²) in [6.07, 6.45) is 2.63. The first-order valence-electron chi connectivity index (χ1n) is 10.8. The molecule has 1 amide bonds. The average Bonchev–Trinajstić information content (AvgIpc) is 3.49. The number of rotatable bonds is 9. The van der Waals surface area contributed by atoms with Gasteiger partial charge in [0, 0.05) is 32.2 Å². The Morgan fingerprint density at radius 1 is 1.17 bits per heavy atom. The summed E-state index contributed by atoms with van der Waals surface area (Å²) in [7, 11) is -3.58. The SMILES string of the molecule is Cc1cc(C)c(S(=O)(=O)N2CCC(C(=O)NC[C@@H](O)COCC3CC3)CC2)c(C)c1. The van der Waals surface area contributed by atoms with E-state index in [0.29, 0.717) is 43.4 Å². The lowest BCUT2D eigenvalue weighted by atomic mass is 9.97. The second-order valence-corrected chi connectivity index (χ2v) is 10.7. The molecule has 2 aliphatic rings. The number of hydrogen-bond acceptors (Lipinski definition) is 5. The van der Waals surface area contributed by atoms with Crippen molar-refractivity contribution >= 4 is 15.9 Å². The van der Waals surface area contributed by atoms with Crippen LogP contribution in [0.1, 0.15) is 42.4 Å². The number of nitrogens with one attached hydrogen (secondary N) is 1. The van der Waals surface area contributed by atoms with E-state index < -0.39 is 16.1 Å². The Morgan fingerprint density at radius 3 is 2.33 bits per heavy atom. The number of carbonyl (C=O) groups excluding carboxylic acids is 1. The van der Waals surface area contributed by atoms with E-state index in [1.807, 2.05) is 32.9 Å². The Balaban J connectivity index is 1.48. The van der Waals surface area contributed by atoms with Crippen molar-refractivity contribution in [3.8, 4) is 0 Å². The number of aliphatic hydroxyl groups excluding tert-OH is 1. The van der Waals surface area contributed by atoms with E-state index in [9.17, 15) is 18.3 Å². The van der Waals surface area contributed by atoms with Gasteiger partial charge in [0.05, 0.1) is 17.6 Å². The van der Waals surface area contributed by atoms with Crippen molar-refractivity contribution in [1.29, 1.82) is 0 Å². The van der Waals surface area contributed by atoms with Crippen molar-refractivity contribution in [3.05, 3.63) is 28.8 Å². The molecule has 168 valence electrons. The van der Waals surface area contributed by atoms with Crippen LogP contribution in [0.5, 0.6) is 0 Å². The van der Waals surface area contributed by atoms with Crippen LogP contribution < -0.4 is 5.32 Å². The second-order valence-electron chi connectivity index (χ2n) is 8.79. The lowest BCUT2D eigenvalue weighted by Gasteiger charge is -2.31. The summed E-state index contributed by atoms with van der Waals surface area (Å²) in [5.74, 6) is 0.271. The number of amides is 1. The van der Waals surface area contributed by atoms with Gasteiger partial charge in [-0.1, -0.05) is 17.7 Å². The third-order valence-corrected chi connectivity index (χ3v) is 8.10. The molecule has 0 radical (unpaired) electrons.